The van der Waals surface area contributed by atoms with E-state index in [2.05, 4.69) is 12.1 Å². The Labute approximate surface area is 148 Å². The number of rotatable bonds is 4. The third kappa shape index (κ3) is 2.90. The van der Waals surface area contributed by atoms with Crippen LogP contribution in [0.4, 0.5) is 0 Å². The van der Waals surface area contributed by atoms with E-state index < -0.39 is 0 Å². The molecule has 2 N–H and O–H groups in total. The van der Waals surface area contributed by atoms with Gasteiger partial charge in [-0.3, -0.25) is 0 Å². The summed E-state index contributed by atoms with van der Waals surface area (Å²) in [5.74, 6) is 1.72. The zero-order chi connectivity index (χ0) is 18.1. The van der Waals surface area contributed by atoms with Crippen LogP contribution in [0.5, 0.6) is 0 Å². The molecule has 1 heterocycles. The SMILES string of the molecule is Cc1oc(C)c(-c2cccc(CO)c2C)c1-c1cccc(CO)c1C. The molecule has 130 valence electrons. The van der Waals surface area contributed by atoms with Crippen LogP contribution >= 0.6 is 0 Å². The van der Waals surface area contributed by atoms with Crippen molar-refractivity contribution in [2.45, 2.75) is 40.9 Å². The molecule has 3 aromatic rings. The highest BCUT2D eigenvalue weighted by Crippen LogP contribution is 2.42. The van der Waals surface area contributed by atoms with Gasteiger partial charge in [-0.15, -0.1) is 0 Å². The number of hydrogen-bond acceptors (Lipinski definition) is 3. The minimum atomic E-state index is 0.0178. The number of aliphatic hydroxyl groups excluding tert-OH is 2. The number of aliphatic hydroxyl groups is 2. The molecule has 0 atom stereocenters. The van der Waals surface area contributed by atoms with E-state index in [0.717, 1.165) is 56.0 Å². The molecular formula is C22H24O3. The largest absolute Gasteiger partial charge is 0.465 e. The number of hydrogen-bond donors (Lipinski definition) is 2. The molecule has 3 heteroatoms. The number of furan rings is 1. The van der Waals surface area contributed by atoms with Crippen molar-refractivity contribution in [3.05, 3.63) is 70.2 Å². The Balaban J connectivity index is 2.32. The fourth-order valence-electron chi connectivity index (χ4n) is 3.58. The predicted molar refractivity (Wildman–Crippen MR) is 100 cm³/mol. The molecule has 0 amide bonds. The summed E-state index contributed by atoms with van der Waals surface area (Å²) in [5.41, 5.74) is 8.23. The molecule has 0 bridgehead atoms. The van der Waals surface area contributed by atoms with Crippen molar-refractivity contribution < 1.29 is 14.6 Å². The standard InChI is InChI=1S/C22H24O3/c1-13-17(11-23)7-5-9-19(13)21-15(3)25-16(4)22(21)20-10-6-8-18(12-24)14(20)2/h5-10,23-24H,11-12H2,1-4H3. The monoisotopic (exact) mass is 336 g/mol. The molecule has 2 aromatic carbocycles. The van der Waals surface area contributed by atoms with Crippen LogP contribution in [0.1, 0.15) is 33.8 Å². The van der Waals surface area contributed by atoms with Crippen LogP contribution in [0.15, 0.2) is 40.8 Å². The minimum Gasteiger partial charge on any atom is -0.465 e. The second kappa shape index (κ2) is 6.87. The first-order valence-electron chi connectivity index (χ1n) is 8.49. The van der Waals surface area contributed by atoms with Crippen molar-refractivity contribution >= 4 is 0 Å². The van der Waals surface area contributed by atoms with Crippen LogP contribution in [-0.2, 0) is 13.2 Å². The van der Waals surface area contributed by atoms with Crippen molar-refractivity contribution in [3.63, 3.8) is 0 Å². The molecule has 1 aromatic heterocycles. The molecule has 3 nitrogen and oxygen atoms in total. The maximum Gasteiger partial charge on any atom is 0.109 e. The van der Waals surface area contributed by atoms with E-state index in [4.69, 9.17) is 4.42 Å². The van der Waals surface area contributed by atoms with E-state index >= 15 is 0 Å². The lowest BCUT2D eigenvalue weighted by Crippen LogP contribution is -1.96. The van der Waals surface area contributed by atoms with Gasteiger partial charge in [0.1, 0.15) is 11.5 Å². The first kappa shape index (κ1) is 17.5. The average Bonchev–Trinajstić information content (AvgIpc) is 2.89. The van der Waals surface area contributed by atoms with E-state index in [-0.39, 0.29) is 13.2 Å². The summed E-state index contributed by atoms with van der Waals surface area (Å²) in [6, 6.07) is 12.0. The smallest absolute Gasteiger partial charge is 0.109 e. The zero-order valence-corrected chi connectivity index (χ0v) is 15.2. The molecule has 0 aliphatic carbocycles. The Morgan fingerprint density at radius 1 is 0.680 bits per heavy atom. The summed E-state index contributed by atoms with van der Waals surface area (Å²) in [4.78, 5) is 0. The van der Waals surface area contributed by atoms with Crippen molar-refractivity contribution in [1.29, 1.82) is 0 Å². The van der Waals surface area contributed by atoms with Gasteiger partial charge in [-0.2, -0.15) is 0 Å². The Kier molecular flexibility index (Phi) is 4.80. The highest BCUT2D eigenvalue weighted by molar-refractivity contribution is 5.89. The van der Waals surface area contributed by atoms with Crippen LogP contribution in [-0.4, -0.2) is 10.2 Å². The summed E-state index contributed by atoms with van der Waals surface area (Å²) in [5, 5.41) is 19.2. The highest BCUT2D eigenvalue weighted by atomic mass is 16.3. The van der Waals surface area contributed by atoms with E-state index in [1.54, 1.807) is 0 Å². The van der Waals surface area contributed by atoms with Crippen LogP contribution in [0.25, 0.3) is 22.3 Å². The molecule has 0 spiro atoms. The topological polar surface area (TPSA) is 53.6 Å². The lowest BCUT2D eigenvalue weighted by molar-refractivity contribution is 0.281. The maximum atomic E-state index is 9.61. The van der Waals surface area contributed by atoms with Crippen molar-refractivity contribution in [2.24, 2.45) is 0 Å². The summed E-state index contributed by atoms with van der Waals surface area (Å²) >= 11 is 0. The van der Waals surface area contributed by atoms with E-state index in [0.29, 0.717) is 0 Å². The number of benzene rings is 2. The van der Waals surface area contributed by atoms with E-state index in [9.17, 15) is 10.2 Å². The van der Waals surface area contributed by atoms with Crippen LogP contribution < -0.4 is 0 Å². The van der Waals surface area contributed by atoms with Gasteiger partial charge in [-0.05, 0) is 61.1 Å². The Morgan fingerprint density at radius 2 is 1.08 bits per heavy atom. The van der Waals surface area contributed by atoms with Crippen molar-refractivity contribution in [1.82, 2.24) is 0 Å². The molecule has 25 heavy (non-hydrogen) atoms. The average molecular weight is 336 g/mol. The van der Waals surface area contributed by atoms with Gasteiger partial charge in [-0.25, -0.2) is 0 Å². The summed E-state index contributed by atoms with van der Waals surface area (Å²) in [7, 11) is 0. The molecule has 0 fully saturated rings. The molecule has 0 unspecified atom stereocenters. The molecule has 0 aliphatic rings. The fraction of sp³-hybridized carbons (Fsp3) is 0.273. The lowest BCUT2D eigenvalue weighted by Gasteiger charge is -2.14. The molecule has 3 rings (SSSR count). The quantitative estimate of drug-likeness (QED) is 0.717. The zero-order valence-electron chi connectivity index (χ0n) is 15.2. The van der Waals surface area contributed by atoms with E-state index in [1.165, 1.54) is 0 Å². The number of aryl methyl sites for hydroxylation is 2. The molecule has 0 radical (unpaired) electrons. The van der Waals surface area contributed by atoms with Gasteiger partial charge < -0.3 is 14.6 Å². The van der Waals surface area contributed by atoms with Gasteiger partial charge in [0.05, 0.1) is 13.2 Å². The second-order valence-electron chi connectivity index (χ2n) is 6.46. The third-order valence-corrected chi connectivity index (χ3v) is 5.03. The summed E-state index contributed by atoms with van der Waals surface area (Å²) in [6.07, 6.45) is 0. The van der Waals surface area contributed by atoms with Gasteiger partial charge in [0.2, 0.25) is 0 Å². The van der Waals surface area contributed by atoms with Gasteiger partial charge in [0, 0.05) is 11.1 Å². The molecular weight excluding hydrogens is 312 g/mol. The van der Waals surface area contributed by atoms with E-state index in [1.807, 2.05) is 52.0 Å². The van der Waals surface area contributed by atoms with Crippen molar-refractivity contribution in [2.75, 3.05) is 0 Å². The minimum absolute atomic E-state index is 0.0178. The van der Waals surface area contributed by atoms with Crippen LogP contribution in [0.3, 0.4) is 0 Å². The Morgan fingerprint density at radius 3 is 1.44 bits per heavy atom. The lowest BCUT2D eigenvalue weighted by atomic mass is 9.88. The highest BCUT2D eigenvalue weighted by Gasteiger charge is 2.22. The first-order valence-corrected chi connectivity index (χ1v) is 8.49. The normalized spacial score (nSPS) is 11.1. The Bertz CT molecular complexity index is 845. The van der Waals surface area contributed by atoms with Gasteiger partial charge in [-0.1, -0.05) is 36.4 Å². The predicted octanol–water partition coefficient (Wildman–Crippen LogP) is 4.83. The van der Waals surface area contributed by atoms with Gasteiger partial charge in [0.25, 0.3) is 0 Å². The molecule has 0 saturated carbocycles. The fourth-order valence-corrected chi connectivity index (χ4v) is 3.58. The molecule has 0 aliphatic heterocycles. The second-order valence-corrected chi connectivity index (χ2v) is 6.46. The maximum absolute atomic E-state index is 9.61. The van der Waals surface area contributed by atoms with Crippen molar-refractivity contribution in [3.8, 4) is 22.3 Å². The first-order chi connectivity index (χ1) is 12.0. The van der Waals surface area contributed by atoms with Crippen LogP contribution in [0, 0.1) is 27.7 Å². The summed E-state index contributed by atoms with van der Waals surface area (Å²) in [6.45, 7) is 8.05. The third-order valence-electron chi connectivity index (χ3n) is 5.03. The molecule has 0 saturated heterocycles. The van der Waals surface area contributed by atoms with Gasteiger partial charge >= 0.3 is 0 Å². The van der Waals surface area contributed by atoms with Gasteiger partial charge in [0.15, 0.2) is 0 Å². The Hall–Kier alpha value is -2.36. The van der Waals surface area contributed by atoms with Crippen LogP contribution in [0.2, 0.25) is 0 Å². The summed E-state index contributed by atoms with van der Waals surface area (Å²) < 4.78 is 5.99.